The number of ketones is 1. The summed E-state index contributed by atoms with van der Waals surface area (Å²) >= 11 is 0. The van der Waals surface area contributed by atoms with E-state index in [1.54, 1.807) is 6.07 Å². The molecule has 5 heteroatoms. The van der Waals surface area contributed by atoms with Gasteiger partial charge in [-0.2, -0.15) is 0 Å². The lowest BCUT2D eigenvalue weighted by Crippen LogP contribution is -2.27. The second kappa shape index (κ2) is 7.17. The Labute approximate surface area is 176 Å². The highest BCUT2D eigenvalue weighted by Gasteiger charge is 2.34. The number of anilines is 2. The highest BCUT2D eigenvalue weighted by Crippen LogP contribution is 2.38. The molecule has 0 unspecified atom stereocenters. The quantitative estimate of drug-likeness (QED) is 0.639. The standard InChI is InChI=1S/C25H27N3O2/c1-15-5-7-17(8-6-15)27-21-12-18(9-10-19(21)24(26)30)28-16(2)11-20-22(28)13-25(3,4)14-23(20)29/h5-12,27H,13-14H2,1-4H3,(H2,26,30). The zero-order valence-electron chi connectivity index (χ0n) is 17.9. The summed E-state index contributed by atoms with van der Waals surface area (Å²) in [6.07, 6.45) is 1.38. The zero-order valence-corrected chi connectivity index (χ0v) is 17.9. The minimum absolute atomic E-state index is 0.0806. The van der Waals surface area contributed by atoms with Crippen molar-refractivity contribution >= 4 is 23.1 Å². The van der Waals surface area contributed by atoms with Gasteiger partial charge in [0.15, 0.2) is 5.78 Å². The number of amides is 1. The molecule has 0 bridgehead atoms. The van der Waals surface area contributed by atoms with Crippen molar-refractivity contribution in [3.8, 4) is 5.69 Å². The van der Waals surface area contributed by atoms with Crippen LogP contribution in [0.3, 0.4) is 0 Å². The number of fused-ring (bicyclic) bond motifs is 1. The number of carbonyl (C=O) groups is 2. The van der Waals surface area contributed by atoms with Crippen LogP contribution in [0, 0.1) is 19.3 Å². The fourth-order valence-corrected chi connectivity index (χ4v) is 4.29. The number of hydrogen-bond acceptors (Lipinski definition) is 3. The lowest BCUT2D eigenvalue weighted by atomic mass is 9.76. The van der Waals surface area contributed by atoms with Crippen molar-refractivity contribution in [1.29, 1.82) is 0 Å². The molecular formula is C25H27N3O2. The molecule has 0 saturated carbocycles. The van der Waals surface area contributed by atoms with Crippen LogP contribution in [-0.4, -0.2) is 16.3 Å². The van der Waals surface area contributed by atoms with Crippen LogP contribution in [0.4, 0.5) is 11.4 Å². The molecule has 1 aliphatic rings. The van der Waals surface area contributed by atoms with Gasteiger partial charge in [-0.3, -0.25) is 9.59 Å². The molecule has 1 heterocycles. The predicted molar refractivity (Wildman–Crippen MR) is 120 cm³/mol. The number of Topliss-reactive ketones (excluding diaryl/α,β-unsaturated/α-hetero) is 1. The highest BCUT2D eigenvalue weighted by molar-refractivity contribution is 6.00. The van der Waals surface area contributed by atoms with E-state index in [9.17, 15) is 9.59 Å². The third-order valence-electron chi connectivity index (χ3n) is 5.73. The van der Waals surface area contributed by atoms with Gasteiger partial charge in [0.25, 0.3) is 5.91 Å². The van der Waals surface area contributed by atoms with E-state index >= 15 is 0 Å². The van der Waals surface area contributed by atoms with Crippen molar-refractivity contribution in [1.82, 2.24) is 4.57 Å². The number of carbonyl (C=O) groups excluding carboxylic acids is 2. The summed E-state index contributed by atoms with van der Waals surface area (Å²) in [4.78, 5) is 24.7. The second-order valence-corrected chi connectivity index (χ2v) is 9.01. The zero-order chi connectivity index (χ0) is 21.6. The maximum atomic E-state index is 12.7. The molecule has 3 N–H and O–H groups in total. The van der Waals surface area contributed by atoms with Crippen molar-refractivity contribution in [2.75, 3.05) is 5.32 Å². The Hall–Kier alpha value is -3.34. The number of nitrogens with two attached hydrogens (primary N) is 1. The first kappa shape index (κ1) is 20.0. The molecule has 0 atom stereocenters. The van der Waals surface area contributed by atoms with E-state index in [1.165, 1.54) is 0 Å². The van der Waals surface area contributed by atoms with Crippen molar-refractivity contribution in [2.45, 2.75) is 40.5 Å². The van der Waals surface area contributed by atoms with Gasteiger partial charge in [0.2, 0.25) is 0 Å². The van der Waals surface area contributed by atoms with E-state index in [0.29, 0.717) is 17.7 Å². The first-order valence-electron chi connectivity index (χ1n) is 10.2. The predicted octanol–water partition coefficient (Wildman–Crippen LogP) is 5.09. The van der Waals surface area contributed by atoms with Gasteiger partial charge in [0.1, 0.15) is 0 Å². The van der Waals surface area contributed by atoms with E-state index < -0.39 is 5.91 Å². The summed E-state index contributed by atoms with van der Waals surface area (Å²) in [6.45, 7) is 8.29. The van der Waals surface area contributed by atoms with Gasteiger partial charge < -0.3 is 15.6 Å². The van der Waals surface area contributed by atoms with Crippen molar-refractivity contribution in [3.63, 3.8) is 0 Å². The number of nitrogens with zero attached hydrogens (tertiary/aromatic N) is 1. The summed E-state index contributed by atoms with van der Waals surface area (Å²) in [5.41, 5.74) is 12.4. The molecule has 1 aromatic heterocycles. The largest absolute Gasteiger partial charge is 0.366 e. The minimum Gasteiger partial charge on any atom is -0.366 e. The summed E-state index contributed by atoms with van der Waals surface area (Å²) in [5.74, 6) is -0.298. The first-order valence-corrected chi connectivity index (χ1v) is 10.2. The average Bonchev–Trinajstić information content (AvgIpc) is 2.98. The van der Waals surface area contributed by atoms with Crippen LogP contribution in [0.2, 0.25) is 0 Å². The smallest absolute Gasteiger partial charge is 0.250 e. The molecule has 0 aliphatic heterocycles. The molecule has 0 saturated heterocycles. The van der Waals surface area contributed by atoms with Crippen molar-refractivity contribution < 1.29 is 9.59 Å². The Morgan fingerprint density at radius 2 is 1.73 bits per heavy atom. The normalized spacial score (nSPS) is 15.0. The molecule has 5 nitrogen and oxygen atoms in total. The summed E-state index contributed by atoms with van der Waals surface area (Å²) in [6, 6.07) is 15.5. The van der Waals surface area contributed by atoms with Crippen LogP contribution in [0.15, 0.2) is 48.5 Å². The molecule has 0 spiro atoms. The number of rotatable bonds is 4. The van der Waals surface area contributed by atoms with E-state index in [1.807, 2.05) is 56.3 Å². The lowest BCUT2D eigenvalue weighted by molar-refractivity contribution is 0.0910. The van der Waals surface area contributed by atoms with Crippen molar-refractivity contribution in [2.24, 2.45) is 11.1 Å². The van der Waals surface area contributed by atoms with Gasteiger partial charge in [0, 0.05) is 34.7 Å². The fraction of sp³-hybridized carbons (Fsp3) is 0.280. The Morgan fingerprint density at radius 1 is 1.03 bits per heavy atom. The van der Waals surface area contributed by atoms with Crippen molar-refractivity contribution in [3.05, 3.63) is 76.6 Å². The van der Waals surface area contributed by atoms with Crippen LogP contribution in [0.1, 0.15) is 57.9 Å². The molecular weight excluding hydrogens is 374 g/mol. The SMILES string of the molecule is Cc1ccc(Nc2cc(-n3c(C)cc4c3CC(C)(C)CC4=O)ccc2C(N)=O)cc1. The summed E-state index contributed by atoms with van der Waals surface area (Å²) in [5, 5.41) is 3.33. The van der Waals surface area contributed by atoms with Gasteiger partial charge in [-0.15, -0.1) is 0 Å². The first-order chi connectivity index (χ1) is 14.1. The van der Waals surface area contributed by atoms with E-state index in [-0.39, 0.29) is 11.2 Å². The molecule has 0 fully saturated rings. The van der Waals surface area contributed by atoms with Crippen LogP contribution in [-0.2, 0) is 6.42 Å². The number of hydrogen-bond donors (Lipinski definition) is 2. The monoisotopic (exact) mass is 401 g/mol. The molecule has 1 aliphatic carbocycles. The summed E-state index contributed by atoms with van der Waals surface area (Å²) < 4.78 is 2.12. The lowest BCUT2D eigenvalue weighted by Gasteiger charge is -2.30. The number of benzene rings is 2. The van der Waals surface area contributed by atoms with Crippen LogP contribution in [0.5, 0.6) is 0 Å². The molecule has 2 aromatic carbocycles. The van der Waals surface area contributed by atoms with E-state index in [2.05, 4.69) is 23.7 Å². The number of nitrogens with one attached hydrogen (secondary N) is 1. The second-order valence-electron chi connectivity index (χ2n) is 9.01. The molecule has 30 heavy (non-hydrogen) atoms. The maximum absolute atomic E-state index is 12.7. The third kappa shape index (κ3) is 3.63. The summed E-state index contributed by atoms with van der Waals surface area (Å²) in [7, 11) is 0. The Kier molecular flexibility index (Phi) is 4.77. The Bertz CT molecular complexity index is 1150. The van der Waals surface area contributed by atoms with E-state index in [0.717, 1.165) is 40.3 Å². The van der Waals surface area contributed by atoms with Crippen LogP contribution in [0.25, 0.3) is 5.69 Å². The van der Waals surface area contributed by atoms with Gasteiger partial charge >= 0.3 is 0 Å². The van der Waals surface area contributed by atoms with Gasteiger partial charge in [-0.1, -0.05) is 31.5 Å². The Morgan fingerprint density at radius 3 is 2.40 bits per heavy atom. The third-order valence-corrected chi connectivity index (χ3v) is 5.73. The van der Waals surface area contributed by atoms with Crippen LogP contribution >= 0.6 is 0 Å². The highest BCUT2D eigenvalue weighted by atomic mass is 16.1. The molecule has 1 amide bonds. The number of aryl methyl sites for hydroxylation is 2. The van der Waals surface area contributed by atoms with Gasteiger partial charge in [-0.05, 0) is 62.1 Å². The average molecular weight is 402 g/mol. The maximum Gasteiger partial charge on any atom is 0.250 e. The van der Waals surface area contributed by atoms with Gasteiger partial charge in [-0.25, -0.2) is 0 Å². The van der Waals surface area contributed by atoms with E-state index in [4.69, 9.17) is 5.73 Å². The molecule has 0 radical (unpaired) electrons. The fourth-order valence-electron chi connectivity index (χ4n) is 4.29. The number of primary amides is 1. The number of aromatic nitrogens is 1. The van der Waals surface area contributed by atoms with Gasteiger partial charge in [0.05, 0.1) is 11.3 Å². The van der Waals surface area contributed by atoms with Crippen LogP contribution < -0.4 is 11.1 Å². The molecule has 4 rings (SSSR count). The minimum atomic E-state index is -0.487. The molecule has 154 valence electrons. The topological polar surface area (TPSA) is 77.1 Å². The molecule has 3 aromatic rings. The Balaban J connectivity index is 1.82.